The Kier molecular flexibility index (Phi) is 3.36. The monoisotopic (exact) mass is 254 g/mol. The molecule has 0 aromatic heterocycles. The van der Waals surface area contributed by atoms with Crippen molar-refractivity contribution in [2.24, 2.45) is 0 Å². The van der Waals surface area contributed by atoms with Crippen molar-refractivity contribution in [3.63, 3.8) is 0 Å². The fourth-order valence-corrected chi connectivity index (χ4v) is 1.73. The van der Waals surface area contributed by atoms with Crippen LogP contribution in [0.25, 0.3) is 0 Å². The second-order valence-electron chi connectivity index (χ2n) is 3.99. The third-order valence-electron chi connectivity index (χ3n) is 2.59. The van der Waals surface area contributed by atoms with Crippen LogP contribution in [0.5, 0.6) is 0 Å². The molecule has 4 heteroatoms. The fourth-order valence-electron chi connectivity index (χ4n) is 1.73. The van der Waals surface area contributed by atoms with Crippen molar-refractivity contribution in [1.82, 2.24) is 0 Å². The average molecular weight is 254 g/mol. The summed E-state index contributed by atoms with van der Waals surface area (Å²) in [5.74, 6) is -5.41. The Hall–Kier alpha value is -1.84. The molecular weight excluding hydrogens is 244 g/mol. The van der Waals surface area contributed by atoms with Crippen molar-refractivity contribution in [3.8, 4) is 0 Å². The zero-order valence-electron chi connectivity index (χ0n) is 9.34. The van der Waals surface area contributed by atoms with Crippen molar-refractivity contribution in [3.05, 3.63) is 71.3 Å². The van der Waals surface area contributed by atoms with E-state index in [-0.39, 0.29) is 0 Å². The molecule has 0 heterocycles. The van der Waals surface area contributed by atoms with Crippen LogP contribution in [-0.2, 0) is 12.3 Å². The van der Waals surface area contributed by atoms with E-state index in [1.54, 1.807) is 18.2 Å². The van der Waals surface area contributed by atoms with E-state index in [4.69, 9.17) is 0 Å². The van der Waals surface area contributed by atoms with Crippen molar-refractivity contribution in [2.45, 2.75) is 12.3 Å². The van der Waals surface area contributed by atoms with Gasteiger partial charge in [0, 0.05) is 6.42 Å². The summed E-state index contributed by atoms with van der Waals surface area (Å²) in [5.41, 5.74) is -0.544. The van der Waals surface area contributed by atoms with Gasteiger partial charge in [0.2, 0.25) is 0 Å². The predicted molar refractivity (Wildman–Crippen MR) is 60.4 cm³/mol. The van der Waals surface area contributed by atoms with Gasteiger partial charge >= 0.3 is 0 Å². The molecule has 0 amide bonds. The summed E-state index contributed by atoms with van der Waals surface area (Å²) in [6.45, 7) is 0. The Labute approximate surface area is 102 Å². The maximum atomic E-state index is 13.9. The highest BCUT2D eigenvalue weighted by molar-refractivity contribution is 5.26. The zero-order valence-corrected chi connectivity index (χ0v) is 9.34. The molecule has 2 aromatic rings. The smallest absolute Gasteiger partial charge is 0.207 e. The number of halogens is 4. The second kappa shape index (κ2) is 4.80. The molecule has 0 fully saturated rings. The lowest BCUT2D eigenvalue weighted by Gasteiger charge is -2.17. The van der Waals surface area contributed by atoms with Crippen molar-refractivity contribution in [2.75, 3.05) is 0 Å². The number of hydrogen-bond acceptors (Lipinski definition) is 0. The topological polar surface area (TPSA) is 0 Å². The molecule has 0 spiro atoms. The SMILES string of the molecule is Fc1ccc(F)c(C(F)(F)Cc2ccccc2)c1. The summed E-state index contributed by atoms with van der Waals surface area (Å²) in [5, 5.41) is 0. The number of hydrogen-bond donors (Lipinski definition) is 0. The predicted octanol–water partition coefficient (Wildman–Crippen LogP) is 4.30. The van der Waals surface area contributed by atoms with Crippen molar-refractivity contribution >= 4 is 0 Å². The minimum Gasteiger partial charge on any atom is -0.207 e. The lowest BCUT2D eigenvalue weighted by atomic mass is 10.00. The van der Waals surface area contributed by atoms with Gasteiger partial charge in [-0.05, 0) is 23.8 Å². The van der Waals surface area contributed by atoms with Gasteiger partial charge in [-0.3, -0.25) is 0 Å². The van der Waals surface area contributed by atoms with Gasteiger partial charge in [0.05, 0.1) is 5.56 Å². The molecular formula is C14H10F4. The van der Waals surface area contributed by atoms with Gasteiger partial charge < -0.3 is 0 Å². The summed E-state index contributed by atoms with van der Waals surface area (Å²) in [7, 11) is 0. The second-order valence-corrected chi connectivity index (χ2v) is 3.99. The highest BCUT2D eigenvalue weighted by atomic mass is 19.3. The molecule has 2 rings (SSSR count). The van der Waals surface area contributed by atoms with Crippen LogP contribution >= 0.6 is 0 Å². The average Bonchev–Trinajstić information content (AvgIpc) is 2.33. The van der Waals surface area contributed by atoms with Crippen LogP contribution in [0.2, 0.25) is 0 Å². The van der Waals surface area contributed by atoms with Crippen LogP contribution in [0.4, 0.5) is 17.6 Å². The summed E-state index contributed by atoms with van der Waals surface area (Å²) in [6.07, 6.45) is -0.659. The van der Waals surface area contributed by atoms with Gasteiger partial charge in [-0.2, -0.15) is 0 Å². The van der Waals surface area contributed by atoms with E-state index in [1.807, 2.05) is 0 Å². The van der Waals surface area contributed by atoms with Gasteiger partial charge in [-0.25, -0.2) is 17.6 Å². The lowest BCUT2D eigenvalue weighted by Crippen LogP contribution is -2.19. The number of alkyl halides is 2. The molecule has 2 aromatic carbocycles. The maximum absolute atomic E-state index is 13.9. The third kappa shape index (κ3) is 2.70. The molecule has 0 bridgehead atoms. The van der Waals surface area contributed by atoms with E-state index in [0.717, 1.165) is 6.07 Å². The Bertz CT molecular complexity index is 535. The standard InChI is InChI=1S/C14H10F4/c15-11-6-7-13(16)12(8-11)14(17,18)9-10-4-2-1-3-5-10/h1-8H,9H2. The van der Waals surface area contributed by atoms with E-state index in [1.165, 1.54) is 12.1 Å². The van der Waals surface area contributed by atoms with Gasteiger partial charge in [-0.1, -0.05) is 30.3 Å². The molecule has 94 valence electrons. The molecule has 0 aliphatic carbocycles. The van der Waals surface area contributed by atoms with Crippen molar-refractivity contribution in [1.29, 1.82) is 0 Å². The molecule has 0 unspecified atom stereocenters. The fraction of sp³-hybridized carbons (Fsp3) is 0.143. The highest BCUT2D eigenvalue weighted by Crippen LogP contribution is 2.33. The van der Waals surface area contributed by atoms with Gasteiger partial charge in [0.15, 0.2) is 0 Å². The molecule has 0 aliphatic rings. The molecule has 0 N–H and O–H groups in total. The Morgan fingerprint density at radius 2 is 1.56 bits per heavy atom. The largest absolute Gasteiger partial charge is 0.280 e. The van der Waals surface area contributed by atoms with Crippen LogP contribution in [0.3, 0.4) is 0 Å². The first-order valence-electron chi connectivity index (χ1n) is 5.36. The molecule has 18 heavy (non-hydrogen) atoms. The van der Waals surface area contributed by atoms with Crippen LogP contribution in [0, 0.1) is 11.6 Å². The quantitative estimate of drug-likeness (QED) is 0.716. The first kappa shape index (κ1) is 12.6. The normalized spacial score (nSPS) is 11.6. The van der Waals surface area contributed by atoms with Crippen LogP contribution in [-0.4, -0.2) is 0 Å². The van der Waals surface area contributed by atoms with E-state index in [2.05, 4.69) is 0 Å². The van der Waals surface area contributed by atoms with E-state index >= 15 is 0 Å². The minimum absolute atomic E-state index is 0.367. The lowest BCUT2D eigenvalue weighted by molar-refractivity contribution is -0.00762. The molecule has 0 aliphatic heterocycles. The van der Waals surface area contributed by atoms with Crippen LogP contribution < -0.4 is 0 Å². The minimum atomic E-state index is -3.44. The maximum Gasteiger partial charge on any atom is 0.280 e. The highest BCUT2D eigenvalue weighted by Gasteiger charge is 2.35. The Morgan fingerprint density at radius 1 is 0.889 bits per heavy atom. The van der Waals surface area contributed by atoms with Gasteiger partial charge in [-0.15, -0.1) is 0 Å². The number of rotatable bonds is 3. The van der Waals surface area contributed by atoms with E-state index in [9.17, 15) is 17.6 Å². The van der Waals surface area contributed by atoms with E-state index < -0.39 is 29.5 Å². The van der Waals surface area contributed by atoms with Crippen LogP contribution in [0.1, 0.15) is 11.1 Å². The van der Waals surface area contributed by atoms with Gasteiger partial charge in [0.1, 0.15) is 11.6 Å². The summed E-state index contributed by atoms with van der Waals surface area (Å²) >= 11 is 0. The van der Waals surface area contributed by atoms with E-state index in [0.29, 0.717) is 17.7 Å². The van der Waals surface area contributed by atoms with Gasteiger partial charge in [0.25, 0.3) is 5.92 Å². The molecule has 0 saturated heterocycles. The molecule has 0 radical (unpaired) electrons. The Morgan fingerprint density at radius 3 is 2.22 bits per heavy atom. The first-order valence-corrected chi connectivity index (χ1v) is 5.36. The number of benzene rings is 2. The third-order valence-corrected chi connectivity index (χ3v) is 2.59. The Balaban J connectivity index is 2.33. The summed E-state index contributed by atoms with van der Waals surface area (Å²) < 4.78 is 54.0. The molecule has 0 saturated carbocycles. The van der Waals surface area contributed by atoms with Crippen LogP contribution in [0.15, 0.2) is 48.5 Å². The molecule has 0 nitrogen and oxygen atoms in total. The van der Waals surface area contributed by atoms with Crippen molar-refractivity contribution < 1.29 is 17.6 Å². The summed E-state index contributed by atoms with van der Waals surface area (Å²) in [6, 6.07) is 10.0. The zero-order chi connectivity index (χ0) is 13.2. The summed E-state index contributed by atoms with van der Waals surface area (Å²) in [4.78, 5) is 0. The first-order chi connectivity index (χ1) is 8.49. The molecule has 0 atom stereocenters.